The van der Waals surface area contributed by atoms with Crippen LogP contribution in [0.25, 0.3) is 73.2 Å². The number of hydrogen-bond acceptors (Lipinski definition) is 0. The third kappa shape index (κ3) is 3.65. The van der Waals surface area contributed by atoms with E-state index >= 15 is 0 Å². The maximum absolute atomic E-state index is 4.16. The minimum atomic E-state index is 1.07. The van der Waals surface area contributed by atoms with E-state index in [1.807, 2.05) is 24.3 Å². The summed E-state index contributed by atoms with van der Waals surface area (Å²) in [6.07, 6.45) is 9.85. The summed E-state index contributed by atoms with van der Waals surface area (Å²) in [7, 11) is 0. The molecule has 2 aromatic heterocycles. The predicted molar refractivity (Wildman–Crippen MR) is 179 cm³/mol. The van der Waals surface area contributed by atoms with Crippen LogP contribution in [0.15, 0.2) is 129 Å². The van der Waals surface area contributed by atoms with Crippen molar-refractivity contribution in [1.29, 1.82) is 0 Å². The van der Waals surface area contributed by atoms with Crippen LogP contribution >= 0.6 is 0 Å². The van der Waals surface area contributed by atoms with Crippen molar-refractivity contribution in [3.8, 4) is 11.4 Å². The van der Waals surface area contributed by atoms with Crippen molar-refractivity contribution in [3.05, 3.63) is 151 Å². The Morgan fingerprint density at radius 1 is 0.537 bits per heavy atom. The molecule has 0 bridgehead atoms. The second-order valence-electron chi connectivity index (χ2n) is 10.4. The zero-order valence-electron chi connectivity index (χ0n) is 23.1. The lowest BCUT2D eigenvalue weighted by Gasteiger charge is -2.14. The fourth-order valence-electron chi connectivity index (χ4n) is 6.36. The van der Waals surface area contributed by atoms with Crippen molar-refractivity contribution < 1.29 is 0 Å². The minimum absolute atomic E-state index is 1.07. The van der Waals surface area contributed by atoms with E-state index < -0.39 is 0 Å². The zero-order valence-corrected chi connectivity index (χ0v) is 23.1. The molecule has 2 heterocycles. The van der Waals surface area contributed by atoms with Gasteiger partial charge in [-0.3, -0.25) is 0 Å². The first-order valence-corrected chi connectivity index (χ1v) is 13.9. The van der Waals surface area contributed by atoms with Crippen molar-refractivity contribution in [1.82, 2.24) is 9.13 Å². The van der Waals surface area contributed by atoms with Crippen LogP contribution in [0.3, 0.4) is 0 Å². The van der Waals surface area contributed by atoms with Crippen LogP contribution in [-0.2, 0) is 0 Å². The SMILES string of the molecule is C=C/C=C\c1c(C)cccc1-n1c2ccccc2c2cc3c(cc21)c1ccccc1n3-c1cccc(C=C)c1C=C. The summed E-state index contributed by atoms with van der Waals surface area (Å²) in [6, 6.07) is 35.0. The van der Waals surface area contributed by atoms with Gasteiger partial charge in [0.1, 0.15) is 0 Å². The van der Waals surface area contributed by atoms with E-state index in [-0.39, 0.29) is 0 Å². The van der Waals surface area contributed by atoms with Crippen LogP contribution in [0.5, 0.6) is 0 Å². The van der Waals surface area contributed by atoms with Crippen molar-refractivity contribution in [2.24, 2.45) is 0 Å². The number of aryl methyl sites for hydroxylation is 1. The summed E-state index contributed by atoms with van der Waals surface area (Å²) in [5.74, 6) is 0. The Kier molecular flexibility index (Phi) is 5.83. The van der Waals surface area contributed by atoms with Crippen LogP contribution in [0.2, 0.25) is 0 Å². The quantitative estimate of drug-likeness (QED) is 0.191. The molecule has 196 valence electrons. The molecule has 0 amide bonds. The highest BCUT2D eigenvalue weighted by molar-refractivity contribution is 6.19. The molecule has 0 saturated heterocycles. The lowest BCUT2D eigenvalue weighted by Crippen LogP contribution is -1.99. The Hall–Kier alpha value is -5.34. The van der Waals surface area contributed by atoms with Gasteiger partial charge in [0.25, 0.3) is 0 Å². The van der Waals surface area contributed by atoms with Crippen LogP contribution in [0, 0.1) is 6.92 Å². The average molecular weight is 527 g/mol. The molecule has 41 heavy (non-hydrogen) atoms. The highest BCUT2D eigenvalue weighted by Crippen LogP contribution is 2.41. The largest absolute Gasteiger partial charge is 0.309 e. The van der Waals surface area contributed by atoms with Gasteiger partial charge in [0, 0.05) is 32.7 Å². The summed E-state index contributed by atoms with van der Waals surface area (Å²) in [5.41, 5.74) is 11.5. The van der Waals surface area contributed by atoms with Gasteiger partial charge in [-0.2, -0.15) is 0 Å². The van der Waals surface area contributed by atoms with Crippen LogP contribution < -0.4 is 0 Å². The third-order valence-electron chi connectivity index (χ3n) is 8.19. The van der Waals surface area contributed by atoms with Crippen molar-refractivity contribution in [2.45, 2.75) is 6.92 Å². The summed E-state index contributed by atoms with van der Waals surface area (Å²) in [6.45, 7) is 14.3. The fourth-order valence-corrected chi connectivity index (χ4v) is 6.36. The molecule has 0 saturated carbocycles. The molecule has 0 aliphatic rings. The van der Waals surface area contributed by atoms with Crippen LogP contribution in [0.1, 0.15) is 22.3 Å². The van der Waals surface area contributed by atoms with Gasteiger partial charge >= 0.3 is 0 Å². The maximum atomic E-state index is 4.16. The molecule has 0 spiro atoms. The maximum Gasteiger partial charge on any atom is 0.0549 e. The Bertz CT molecular complexity index is 2210. The minimum Gasteiger partial charge on any atom is -0.309 e. The predicted octanol–water partition coefficient (Wildman–Crippen LogP) is 10.7. The molecule has 0 fully saturated rings. The smallest absolute Gasteiger partial charge is 0.0549 e. The summed E-state index contributed by atoms with van der Waals surface area (Å²) in [4.78, 5) is 0. The molecule has 5 aromatic carbocycles. The zero-order chi connectivity index (χ0) is 28.1. The molecular formula is C39H30N2. The molecule has 0 aliphatic carbocycles. The van der Waals surface area contributed by atoms with Crippen LogP contribution in [0.4, 0.5) is 0 Å². The molecule has 0 atom stereocenters. The normalized spacial score (nSPS) is 11.7. The Labute approximate surface area is 240 Å². The summed E-state index contributed by atoms with van der Waals surface area (Å²) < 4.78 is 4.80. The Morgan fingerprint density at radius 3 is 1.66 bits per heavy atom. The molecule has 0 aliphatic heterocycles. The topological polar surface area (TPSA) is 9.86 Å². The third-order valence-corrected chi connectivity index (χ3v) is 8.19. The average Bonchev–Trinajstić information content (AvgIpc) is 3.50. The van der Waals surface area contributed by atoms with E-state index in [0.29, 0.717) is 0 Å². The van der Waals surface area contributed by atoms with Crippen molar-refractivity contribution in [2.75, 3.05) is 0 Å². The molecule has 0 unspecified atom stereocenters. The summed E-state index contributed by atoms with van der Waals surface area (Å²) in [5, 5.41) is 4.88. The van der Waals surface area contributed by atoms with E-state index in [0.717, 1.165) is 22.5 Å². The number of hydrogen-bond donors (Lipinski definition) is 0. The number of rotatable bonds is 6. The van der Waals surface area contributed by atoms with Crippen LogP contribution in [-0.4, -0.2) is 9.13 Å². The standard InChI is InChI=1S/C39H30N2/c1-5-8-17-29-26(4)15-13-22-35(29)41-37-21-12-10-19-31(37)33-24-38-32(25-39(33)41)30-18-9-11-20-36(30)40(38)34-23-14-16-27(6-2)28(34)7-3/h5-25H,1-3H2,4H3/b17-8-. The Morgan fingerprint density at radius 2 is 1.10 bits per heavy atom. The lowest BCUT2D eigenvalue weighted by molar-refractivity contribution is 1.16. The number of benzene rings is 5. The van der Waals surface area contributed by atoms with Gasteiger partial charge in [-0.05, 0) is 54.4 Å². The van der Waals surface area contributed by atoms with Crippen molar-refractivity contribution >= 4 is 61.8 Å². The van der Waals surface area contributed by atoms with Gasteiger partial charge in [-0.1, -0.05) is 111 Å². The molecule has 2 heteroatoms. The fraction of sp³-hybridized carbons (Fsp3) is 0.0256. The highest BCUT2D eigenvalue weighted by Gasteiger charge is 2.20. The van der Waals surface area contributed by atoms with Gasteiger partial charge in [0.2, 0.25) is 0 Å². The van der Waals surface area contributed by atoms with Gasteiger partial charge in [0.05, 0.1) is 33.4 Å². The van der Waals surface area contributed by atoms with Crippen molar-refractivity contribution in [3.63, 3.8) is 0 Å². The molecule has 0 N–H and O–H groups in total. The first kappa shape index (κ1) is 24.7. The van der Waals surface area contributed by atoms with Gasteiger partial charge in [0.15, 0.2) is 0 Å². The number of allylic oxidation sites excluding steroid dienone is 2. The Balaban J connectivity index is 1.67. The van der Waals surface area contributed by atoms with E-state index in [2.05, 4.69) is 139 Å². The highest BCUT2D eigenvalue weighted by atomic mass is 15.0. The second kappa shape index (κ2) is 9.69. The number of nitrogens with zero attached hydrogens (tertiary/aromatic N) is 2. The van der Waals surface area contributed by atoms with Gasteiger partial charge < -0.3 is 9.13 Å². The number of para-hydroxylation sites is 2. The molecule has 0 radical (unpaired) electrons. The monoisotopic (exact) mass is 526 g/mol. The van der Waals surface area contributed by atoms with E-state index in [1.54, 1.807) is 0 Å². The number of fused-ring (bicyclic) bond motifs is 6. The molecular weight excluding hydrogens is 496 g/mol. The van der Waals surface area contributed by atoms with E-state index in [9.17, 15) is 0 Å². The van der Waals surface area contributed by atoms with E-state index in [1.165, 1.54) is 54.7 Å². The second-order valence-corrected chi connectivity index (χ2v) is 10.4. The summed E-state index contributed by atoms with van der Waals surface area (Å²) >= 11 is 0. The van der Waals surface area contributed by atoms with Gasteiger partial charge in [-0.25, -0.2) is 0 Å². The first-order chi connectivity index (χ1) is 20.2. The van der Waals surface area contributed by atoms with Gasteiger partial charge in [-0.15, -0.1) is 0 Å². The van der Waals surface area contributed by atoms with E-state index in [4.69, 9.17) is 0 Å². The first-order valence-electron chi connectivity index (χ1n) is 13.9. The molecule has 7 aromatic rings. The lowest BCUT2D eigenvalue weighted by atomic mass is 10.0. The molecule has 7 rings (SSSR count). The number of aromatic nitrogens is 2. The molecule has 2 nitrogen and oxygen atoms in total.